The molecule has 4 nitrogen and oxygen atoms in total. The third-order valence-corrected chi connectivity index (χ3v) is 2.21. The molecule has 74 valence electrons. The summed E-state index contributed by atoms with van der Waals surface area (Å²) in [5.41, 5.74) is 1.61. The van der Waals surface area contributed by atoms with Crippen molar-refractivity contribution < 1.29 is 0 Å². The Morgan fingerprint density at radius 2 is 2.00 bits per heavy atom. The van der Waals surface area contributed by atoms with Gasteiger partial charge in [-0.2, -0.15) is 5.10 Å². The largest absolute Gasteiger partial charge is 0.215 e. The molecule has 0 spiro atoms. The highest BCUT2D eigenvalue weighted by molar-refractivity contribution is 6.43. The Hall–Kier alpha value is -0.870. The Kier molecular flexibility index (Phi) is 2.33. The molecule has 0 bridgehead atoms. The van der Waals surface area contributed by atoms with Crippen LogP contribution in [0.5, 0.6) is 0 Å². The van der Waals surface area contributed by atoms with Gasteiger partial charge in [0.25, 0.3) is 0 Å². The minimum atomic E-state index is -0.700. The summed E-state index contributed by atoms with van der Waals surface area (Å²) in [6, 6.07) is 1.86. The molecule has 0 unspecified atom stereocenters. The fraction of sp³-hybridized carbons (Fsp3) is 0.375. The fourth-order valence-corrected chi connectivity index (χ4v) is 1.45. The second-order valence-corrected chi connectivity index (χ2v) is 4.08. The van der Waals surface area contributed by atoms with Crippen LogP contribution in [-0.2, 0) is 0 Å². The Morgan fingerprint density at radius 1 is 1.29 bits per heavy atom. The van der Waals surface area contributed by atoms with Crippen LogP contribution in [0.2, 0.25) is 0 Å². The zero-order valence-electron chi connectivity index (χ0n) is 7.70. The van der Waals surface area contributed by atoms with Crippen molar-refractivity contribution in [2.45, 2.75) is 18.7 Å². The molecule has 0 radical (unpaired) electrons. The Morgan fingerprint density at radius 3 is 2.64 bits per heavy atom. The third kappa shape index (κ3) is 1.55. The number of aryl methyl sites for hydroxylation is 2. The quantitative estimate of drug-likeness (QED) is 0.706. The average molecular weight is 231 g/mol. The molecule has 2 rings (SSSR count). The lowest BCUT2D eigenvalue weighted by Gasteiger charge is -2.02. The summed E-state index contributed by atoms with van der Waals surface area (Å²) < 4.78 is 1.66. The standard InChI is InChI=1S/C8H8Cl2N4/c1-4-3-6-12-8(7(9)10)11-5(2)14(6)13-4/h3,7H,1-2H3. The first-order chi connectivity index (χ1) is 6.58. The smallest absolute Gasteiger partial charge is 0.167 e. The van der Waals surface area contributed by atoms with E-state index in [1.807, 2.05) is 19.9 Å². The molecule has 0 fully saturated rings. The first-order valence-corrected chi connectivity index (χ1v) is 4.94. The predicted octanol–water partition coefficient (Wildman–Crippen LogP) is 2.22. The Balaban J connectivity index is 2.71. The van der Waals surface area contributed by atoms with Crippen molar-refractivity contribution in [1.82, 2.24) is 19.6 Å². The highest BCUT2D eigenvalue weighted by atomic mass is 35.5. The molecule has 0 saturated carbocycles. The van der Waals surface area contributed by atoms with E-state index < -0.39 is 4.84 Å². The van der Waals surface area contributed by atoms with Gasteiger partial charge in [0.05, 0.1) is 5.69 Å². The molecule has 2 aromatic rings. The van der Waals surface area contributed by atoms with E-state index in [0.717, 1.165) is 17.2 Å². The monoisotopic (exact) mass is 230 g/mol. The topological polar surface area (TPSA) is 43.1 Å². The average Bonchev–Trinajstić information content (AvgIpc) is 2.45. The summed E-state index contributed by atoms with van der Waals surface area (Å²) in [7, 11) is 0. The molecule has 6 heteroatoms. The van der Waals surface area contributed by atoms with Crippen molar-refractivity contribution in [3.8, 4) is 0 Å². The van der Waals surface area contributed by atoms with Gasteiger partial charge in [-0.05, 0) is 13.8 Å². The number of rotatable bonds is 1. The van der Waals surface area contributed by atoms with Crippen LogP contribution < -0.4 is 0 Å². The molecule has 0 atom stereocenters. The van der Waals surface area contributed by atoms with Gasteiger partial charge in [-0.25, -0.2) is 14.5 Å². The van der Waals surface area contributed by atoms with Gasteiger partial charge in [0.1, 0.15) is 5.82 Å². The number of fused-ring (bicyclic) bond motifs is 1. The SMILES string of the molecule is Cc1cc2nc(C(Cl)Cl)nc(C)n2n1. The lowest BCUT2D eigenvalue weighted by Crippen LogP contribution is -2.04. The summed E-state index contributed by atoms with van der Waals surface area (Å²) in [6.07, 6.45) is 0. The van der Waals surface area contributed by atoms with Gasteiger partial charge in [-0.1, -0.05) is 23.2 Å². The lowest BCUT2D eigenvalue weighted by molar-refractivity contribution is 0.802. The zero-order valence-corrected chi connectivity index (χ0v) is 9.21. The van der Waals surface area contributed by atoms with Crippen LogP contribution in [0.4, 0.5) is 0 Å². The van der Waals surface area contributed by atoms with Crippen molar-refractivity contribution >= 4 is 28.8 Å². The van der Waals surface area contributed by atoms with E-state index in [-0.39, 0.29) is 0 Å². The number of halogens is 2. The van der Waals surface area contributed by atoms with Gasteiger partial charge in [0, 0.05) is 6.07 Å². The molecule has 2 heterocycles. The predicted molar refractivity (Wildman–Crippen MR) is 54.7 cm³/mol. The molecule has 0 aliphatic heterocycles. The number of alkyl halides is 2. The minimum Gasteiger partial charge on any atom is -0.215 e. The highest BCUT2D eigenvalue weighted by Crippen LogP contribution is 2.21. The molecule has 0 N–H and O–H groups in total. The van der Waals surface area contributed by atoms with Gasteiger partial charge in [0.2, 0.25) is 0 Å². The van der Waals surface area contributed by atoms with Crippen molar-refractivity contribution in [3.05, 3.63) is 23.4 Å². The molecule has 0 aliphatic carbocycles. The number of hydrogen-bond acceptors (Lipinski definition) is 3. The molecule has 14 heavy (non-hydrogen) atoms. The normalized spacial score (nSPS) is 11.5. The first-order valence-electron chi connectivity index (χ1n) is 4.07. The maximum absolute atomic E-state index is 5.69. The lowest BCUT2D eigenvalue weighted by atomic mass is 10.5. The molecular formula is C8H8Cl2N4. The summed E-state index contributed by atoms with van der Waals surface area (Å²) in [5, 5.41) is 4.22. The molecule has 0 amide bonds. The van der Waals surface area contributed by atoms with Crippen LogP contribution in [-0.4, -0.2) is 19.6 Å². The molecular weight excluding hydrogens is 223 g/mol. The maximum atomic E-state index is 5.69. The highest BCUT2D eigenvalue weighted by Gasteiger charge is 2.11. The van der Waals surface area contributed by atoms with Crippen molar-refractivity contribution in [2.24, 2.45) is 0 Å². The summed E-state index contributed by atoms with van der Waals surface area (Å²) in [6.45, 7) is 3.73. The van der Waals surface area contributed by atoms with Crippen molar-refractivity contribution in [3.63, 3.8) is 0 Å². The maximum Gasteiger partial charge on any atom is 0.167 e. The Bertz CT molecular complexity index is 477. The molecule has 2 aromatic heterocycles. The van der Waals surface area contributed by atoms with Gasteiger partial charge in [0.15, 0.2) is 16.3 Å². The zero-order chi connectivity index (χ0) is 10.3. The van der Waals surface area contributed by atoms with Crippen LogP contribution >= 0.6 is 23.2 Å². The van der Waals surface area contributed by atoms with Gasteiger partial charge in [-0.15, -0.1) is 0 Å². The van der Waals surface area contributed by atoms with Crippen LogP contribution in [0.3, 0.4) is 0 Å². The second-order valence-electron chi connectivity index (χ2n) is 2.99. The van der Waals surface area contributed by atoms with Crippen LogP contribution in [0.15, 0.2) is 6.07 Å². The van der Waals surface area contributed by atoms with E-state index in [2.05, 4.69) is 15.1 Å². The molecule has 0 saturated heterocycles. The fourth-order valence-electron chi connectivity index (χ4n) is 1.26. The van der Waals surface area contributed by atoms with Crippen LogP contribution in [0.1, 0.15) is 22.2 Å². The van der Waals surface area contributed by atoms with Gasteiger partial charge < -0.3 is 0 Å². The van der Waals surface area contributed by atoms with E-state index in [0.29, 0.717) is 5.82 Å². The van der Waals surface area contributed by atoms with E-state index in [9.17, 15) is 0 Å². The van der Waals surface area contributed by atoms with Gasteiger partial charge in [-0.3, -0.25) is 0 Å². The third-order valence-electron chi connectivity index (χ3n) is 1.82. The first kappa shape index (κ1) is 9.68. The second kappa shape index (κ2) is 3.37. The number of nitrogens with zero attached hydrogens (tertiary/aromatic N) is 4. The summed E-state index contributed by atoms with van der Waals surface area (Å²) >= 11 is 11.4. The number of hydrogen-bond donors (Lipinski definition) is 0. The van der Waals surface area contributed by atoms with Crippen LogP contribution in [0, 0.1) is 13.8 Å². The van der Waals surface area contributed by atoms with E-state index in [4.69, 9.17) is 23.2 Å². The van der Waals surface area contributed by atoms with Crippen molar-refractivity contribution in [2.75, 3.05) is 0 Å². The molecule has 0 aromatic carbocycles. The summed E-state index contributed by atoms with van der Waals surface area (Å²) in [4.78, 5) is 7.62. The van der Waals surface area contributed by atoms with Crippen LogP contribution in [0.25, 0.3) is 5.65 Å². The number of aromatic nitrogens is 4. The Labute approximate surface area is 90.9 Å². The minimum absolute atomic E-state index is 0.415. The van der Waals surface area contributed by atoms with E-state index >= 15 is 0 Å². The van der Waals surface area contributed by atoms with Crippen molar-refractivity contribution in [1.29, 1.82) is 0 Å². The summed E-state index contributed by atoms with van der Waals surface area (Å²) in [5.74, 6) is 1.14. The van der Waals surface area contributed by atoms with E-state index in [1.165, 1.54) is 0 Å². The van der Waals surface area contributed by atoms with E-state index in [1.54, 1.807) is 4.52 Å². The molecule has 0 aliphatic rings. The van der Waals surface area contributed by atoms with Gasteiger partial charge >= 0.3 is 0 Å².